The smallest absolute Gasteiger partial charge is 0.240 e. The molecule has 2 N–H and O–H groups in total. The quantitative estimate of drug-likeness (QED) is 0.685. The largest absolute Gasteiger partial charge is 0.383 e. The Morgan fingerprint density at radius 1 is 1.43 bits per heavy atom. The summed E-state index contributed by atoms with van der Waals surface area (Å²) in [6.45, 7) is 1.49. The Kier molecular flexibility index (Phi) is 8.38. The number of carbonyl (C=O) groups excluding carboxylic acids is 1. The molecule has 2 rings (SSSR count). The minimum atomic E-state index is -0.102. The van der Waals surface area contributed by atoms with Gasteiger partial charge >= 0.3 is 0 Å². The van der Waals surface area contributed by atoms with E-state index < -0.39 is 0 Å². The zero-order valence-electron chi connectivity index (χ0n) is 11.2. The normalized spacial score (nSPS) is 10.2. The van der Waals surface area contributed by atoms with Gasteiger partial charge in [-0.05, 0) is 22.0 Å². The second-order valence-corrected chi connectivity index (χ2v) is 6.57. The van der Waals surface area contributed by atoms with Crippen LogP contribution in [0.1, 0.15) is 0 Å². The maximum Gasteiger partial charge on any atom is 0.240 e. The van der Waals surface area contributed by atoms with Gasteiger partial charge in [-0.25, -0.2) is 4.98 Å². The highest BCUT2D eigenvalue weighted by Crippen LogP contribution is 2.31. The molecule has 0 aliphatic heterocycles. The van der Waals surface area contributed by atoms with Crippen molar-refractivity contribution in [1.29, 1.82) is 0 Å². The summed E-state index contributed by atoms with van der Waals surface area (Å²) in [6.07, 6.45) is 0. The lowest BCUT2D eigenvalue weighted by molar-refractivity contribution is -0.115. The summed E-state index contributed by atoms with van der Waals surface area (Å²) in [5.74, 6) is -0.102. The Bertz CT molecular complexity index is 576. The molecule has 2 heterocycles. The number of carbonyl (C=O) groups is 1. The lowest BCUT2D eigenvalue weighted by atomic mass is 10.4. The van der Waals surface area contributed by atoms with Gasteiger partial charge in [0.1, 0.15) is 0 Å². The Morgan fingerprint density at radius 3 is 2.90 bits per heavy atom. The SMILES string of the molecule is COCCNCC(=O)Nc1nc(-c2cc(Br)cs2)cs1.Cl. The number of halogens is 2. The van der Waals surface area contributed by atoms with E-state index in [4.69, 9.17) is 4.74 Å². The van der Waals surface area contributed by atoms with Crippen molar-refractivity contribution in [3.63, 3.8) is 0 Å². The second-order valence-electron chi connectivity index (χ2n) is 3.88. The van der Waals surface area contributed by atoms with Crippen molar-refractivity contribution in [1.82, 2.24) is 10.3 Å². The maximum atomic E-state index is 11.7. The van der Waals surface area contributed by atoms with E-state index in [1.165, 1.54) is 11.3 Å². The van der Waals surface area contributed by atoms with Crippen molar-refractivity contribution >= 4 is 62.0 Å². The Balaban J connectivity index is 0.00000220. The van der Waals surface area contributed by atoms with Crippen LogP contribution in [-0.4, -0.2) is 37.7 Å². The number of hydrogen-bond acceptors (Lipinski definition) is 6. The first-order valence-electron chi connectivity index (χ1n) is 5.88. The number of methoxy groups -OCH3 is 1. The molecule has 0 fully saturated rings. The third-order valence-electron chi connectivity index (χ3n) is 2.34. The highest BCUT2D eigenvalue weighted by molar-refractivity contribution is 9.10. The van der Waals surface area contributed by atoms with Crippen molar-refractivity contribution < 1.29 is 9.53 Å². The van der Waals surface area contributed by atoms with Crippen LogP contribution < -0.4 is 10.6 Å². The lowest BCUT2D eigenvalue weighted by Crippen LogP contribution is -2.30. The van der Waals surface area contributed by atoms with Gasteiger partial charge in [-0.15, -0.1) is 35.1 Å². The number of amides is 1. The fraction of sp³-hybridized carbons (Fsp3) is 0.333. The van der Waals surface area contributed by atoms with Crippen LogP contribution in [0.4, 0.5) is 5.13 Å². The van der Waals surface area contributed by atoms with Gasteiger partial charge < -0.3 is 15.4 Å². The van der Waals surface area contributed by atoms with Crippen molar-refractivity contribution in [3.8, 4) is 10.6 Å². The molecule has 1 amide bonds. The molecule has 0 aromatic carbocycles. The van der Waals surface area contributed by atoms with Crippen LogP contribution in [-0.2, 0) is 9.53 Å². The number of aromatic nitrogens is 1. The molecule has 0 saturated heterocycles. The molecule has 21 heavy (non-hydrogen) atoms. The first kappa shape index (κ1) is 18.5. The van der Waals surface area contributed by atoms with Crippen molar-refractivity contribution in [2.45, 2.75) is 0 Å². The molecule has 2 aromatic heterocycles. The Hall–Kier alpha value is -0.510. The maximum absolute atomic E-state index is 11.7. The molecular formula is C12H15BrClN3O2S2. The number of rotatable bonds is 7. The zero-order chi connectivity index (χ0) is 14.4. The van der Waals surface area contributed by atoms with E-state index in [9.17, 15) is 4.79 Å². The lowest BCUT2D eigenvalue weighted by Gasteiger charge is -2.03. The van der Waals surface area contributed by atoms with Gasteiger partial charge in [0.05, 0.1) is 23.7 Å². The molecule has 0 bridgehead atoms. The summed E-state index contributed by atoms with van der Waals surface area (Å²) in [7, 11) is 1.63. The highest BCUT2D eigenvalue weighted by Gasteiger charge is 2.09. The standard InChI is InChI=1S/C12H14BrN3O2S2.ClH/c1-18-3-2-14-5-11(17)16-12-15-9(7-20-12)10-4-8(13)6-19-10;/h4,6-7,14H,2-3,5H2,1H3,(H,15,16,17);1H. The third-order valence-corrected chi connectivity index (χ3v) is 4.81. The fourth-order valence-electron chi connectivity index (χ4n) is 1.43. The number of ether oxygens (including phenoxy) is 1. The van der Waals surface area contributed by atoms with Crippen molar-refractivity contribution in [2.24, 2.45) is 0 Å². The van der Waals surface area contributed by atoms with E-state index in [-0.39, 0.29) is 24.9 Å². The van der Waals surface area contributed by atoms with Gasteiger partial charge in [0, 0.05) is 28.9 Å². The number of nitrogens with zero attached hydrogens (tertiary/aromatic N) is 1. The predicted octanol–water partition coefficient (Wildman–Crippen LogP) is 3.23. The molecule has 0 aliphatic carbocycles. The summed E-state index contributed by atoms with van der Waals surface area (Å²) in [5.41, 5.74) is 0.883. The molecule has 0 atom stereocenters. The van der Waals surface area contributed by atoms with Crippen molar-refractivity contribution in [2.75, 3.05) is 32.1 Å². The summed E-state index contributed by atoms with van der Waals surface area (Å²) < 4.78 is 5.93. The zero-order valence-corrected chi connectivity index (χ0v) is 15.3. The molecule has 116 valence electrons. The minimum Gasteiger partial charge on any atom is -0.383 e. The molecule has 5 nitrogen and oxygen atoms in total. The molecule has 0 unspecified atom stereocenters. The van der Waals surface area contributed by atoms with E-state index in [2.05, 4.69) is 31.5 Å². The van der Waals surface area contributed by atoms with Crippen LogP contribution in [0.15, 0.2) is 21.3 Å². The van der Waals surface area contributed by atoms with Crippen LogP contribution in [0.5, 0.6) is 0 Å². The summed E-state index contributed by atoms with van der Waals surface area (Å²) in [4.78, 5) is 17.2. The monoisotopic (exact) mass is 411 g/mol. The Labute approximate surface area is 145 Å². The highest BCUT2D eigenvalue weighted by atomic mass is 79.9. The van der Waals surface area contributed by atoms with Gasteiger partial charge in [-0.2, -0.15) is 0 Å². The van der Waals surface area contributed by atoms with Crippen LogP contribution >= 0.6 is 51.0 Å². The molecule has 9 heteroatoms. The number of thiazole rings is 1. The van der Waals surface area contributed by atoms with Crippen LogP contribution in [0.25, 0.3) is 10.6 Å². The first-order valence-corrected chi connectivity index (χ1v) is 8.43. The minimum absolute atomic E-state index is 0. The van der Waals surface area contributed by atoms with Crippen molar-refractivity contribution in [3.05, 3.63) is 21.3 Å². The molecular weight excluding hydrogens is 398 g/mol. The van der Waals surface area contributed by atoms with Gasteiger partial charge in [0.2, 0.25) is 5.91 Å². The van der Waals surface area contributed by atoms with E-state index in [0.717, 1.165) is 15.0 Å². The summed E-state index contributed by atoms with van der Waals surface area (Å²) in [6, 6.07) is 2.01. The molecule has 0 saturated carbocycles. The van der Waals surface area contributed by atoms with E-state index in [0.29, 0.717) is 18.3 Å². The molecule has 2 aromatic rings. The number of anilines is 1. The topological polar surface area (TPSA) is 63.2 Å². The average molecular weight is 413 g/mol. The molecule has 0 spiro atoms. The van der Waals surface area contributed by atoms with E-state index in [1.54, 1.807) is 18.4 Å². The fourth-order valence-corrected chi connectivity index (χ4v) is 3.62. The average Bonchev–Trinajstić information content (AvgIpc) is 3.04. The van der Waals surface area contributed by atoms with Crippen LogP contribution in [0.2, 0.25) is 0 Å². The van der Waals surface area contributed by atoms with Crippen LogP contribution in [0, 0.1) is 0 Å². The first-order chi connectivity index (χ1) is 9.69. The van der Waals surface area contributed by atoms with Crippen LogP contribution in [0.3, 0.4) is 0 Å². The third kappa shape index (κ3) is 6.01. The summed E-state index contributed by atoms with van der Waals surface area (Å²) in [5, 5.41) is 10.3. The van der Waals surface area contributed by atoms with Gasteiger partial charge in [-0.3, -0.25) is 4.79 Å². The number of hydrogen-bond donors (Lipinski definition) is 2. The number of nitrogens with one attached hydrogen (secondary N) is 2. The van der Waals surface area contributed by atoms with E-state index >= 15 is 0 Å². The van der Waals surface area contributed by atoms with Gasteiger partial charge in [0.15, 0.2) is 5.13 Å². The molecule has 0 aliphatic rings. The Morgan fingerprint density at radius 2 is 2.24 bits per heavy atom. The summed E-state index contributed by atoms with van der Waals surface area (Å²) >= 11 is 6.45. The second kappa shape index (κ2) is 9.50. The predicted molar refractivity (Wildman–Crippen MR) is 93.8 cm³/mol. The van der Waals surface area contributed by atoms with E-state index in [1.807, 2.05) is 16.8 Å². The molecule has 0 radical (unpaired) electrons. The van der Waals surface area contributed by atoms with Gasteiger partial charge in [0.25, 0.3) is 0 Å². The number of thiophene rings is 1. The van der Waals surface area contributed by atoms with Gasteiger partial charge in [-0.1, -0.05) is 0 Å².